The van der Waals surface area contributed by atoms with E-state index >= 15 is 0 Å². The molecule has 0 saturated heterocycles. The highest BCUT2D eigenvalue weighted by Crippen LogP contribution is 2.15. The summed E-state index contributed by atoms with van der Waals surface area (Å²) < 4.78 is 10.0. The molecule has 8 heteroatoms. The fourth-order valence-corrected chi connectivity index (χ4v) is 3.17. The summed E-state index contributed by atoms with van der Waals surface area (Å²) in [4.78, 5) is 28.0. The molecule has 0 heterocycles. The third kappa shape index (κ3) is 13.0. The molecule has 0 fully saturated rings. The van der Waals surface area contributed by atoms with Gasteiger partial charge in [0, 0.05) is 13.1 Å². The van der Waals surface area contributed by atoms with Crippen molar-refractivity contribution in [3.05, 3.63) is 0 Å². The van der Waals surface area contributed by atoms with Gasteiger partial charge in [-0.1, -0.05) is 26.7 Å². The van der Waals surface area contributed by atoms with Crippen LogP contribution in [0.2, 0.25) is 0 Å². The highest BCUT2D eigenvalue weighted by molar-refractivity contribution is 6.29. The van der Waals surface area contributed by atoms with Gasteiger partial charge in [0.05, 0.1) is 0 Å². The molecule has 0 rings (SSSR count). The molecule has 0 amide bonds. The van der Waals surface area contributed by atoms with Crippen molar-refractivity contribution in [2.24, 2.45) is 23.3 Å². The van der Waals surface area contributed by atoms with Gasteiger partial charge in [-0.2, -0.15) is 0 Å². The van der Waals surface area contributed by atoms with Crippen LogP contribution in [0.4, 0.5) is 0 Å². The van der Waals surface area contributed by atoms with Gasteiger partial charge in [0.15, 0.2) is 12.5 Å². The summed E-state index contributed by atoms with van der Waals surface area (Å²) in [6, 6.07) is 0. The average molecular weight is 403 g/mol. The SMILES string of the molecule is CCC(CCC(N)OC(=O)C(=O)OC(N)CCC(CC)CN(C)C)CN(C)C. The Labute approximate surface area is 170 Å². The van der Waals surface area contributed by atoms with E-state index in [1.807, 2.05) is 28.2 Å². The fraction of sp³-hybridized carbons (Fsp3) is 0.900. The van der Waals surface area contributed by atoms with Crippen LogP contribution in [-0.2, 0) is 19.1 Å². The predicted octanol–water partition coefficient (Wildman–Crippen LogP) is 1.38. The van der Waals surface area contributed by atoms with Crippen LogP contribution in [0.3, 0.4) is 0 Å². The third-order valence-corrected chi connectivity index (χ3v) is 4.80. The normalized spacial score (nSPS) is 15.9. The molecule has 0 aromatic heterocycles. The maximum Gasteiger partial charge on any atom is 0.419 e. The molecule has 4 N–H and O–H groups in total. The van der Waals surface area contributed by atoms with E-state index in [2.05, 4.69) is 23.6 Å². The van der Waals surface area contributed by atoms with Gasteiger partial charge in [0.25, 0.3) is 0 Å². The molecule has 28 heavy (non-hydrogen) atoms. The van der Waals surface area contributed by atoms with Crippen molar-refractivity contribution in [2.75, 3.05) is 41.3 Å². The topological polar surface area (TPSA) is 111 Å². The molecule has 0 radical (unpaired) electrons. The first kappa shape index (κ1) is 26.8. The van der Waals surface area contributed by atoms with Crippen LogP contribution in [-0.4, -0.2) is 75.5 Å². The third-order valence-electron chi connectivity index (χ3n) is 4.80. The van der Waals surface area contributed by atoms with Gasteiger partial charge in [-0.3, -0.25) is 11.5 Å². The molecule has 0 spiro atoms. The summed E-state index contributed by atoms with van der Waals surface area (Å²) in [6.07, 6.45) is 3.03. The van der Waals surface area contributed by atoms with E-state index in [1.165, 1.54) is 0 Å². The zero-order valence-corrected chi connectivity index (χ0v) is 18.6. The average Bonchev–Trinajstić information content (AvgIpc) is 2.61. The number of ether oxygens (including phenoxy) is 2. The van der Waals surface area contributed by atoms with Gasteiger partial charge in [-0.25, -0.2) is 9.59 Å². The summed E-state index contributed by atoms with van der Waals surface area (Å²) in [5.41, 5.74) is 11.7. The molecule has 8 nitrogen and oxygen atoms in total. The van der Waals surface area contributed by atoms with E-state index in [0.717, 1.165) is 38.8 Å². The van der Waals surface area contributed by atoms with Crippen molar-refractivity contribution >= 4 is 11.9 Å². The lowest BCUT2D eigenvalue weighted by Crippen LogP contribution is -2.36. The first-order valence-corrected chi connectivity index (χ1v) is 10.3. The number of rotatable bonds is 14. The van der Waals surface area contributed by atoms with Gasteiger partial charge >= 0.3 is 11.9 Å². The van der Waals surface area contributed by atoms with Crippen molar-refractivity contribution in [3.63, 3.8) is 0 Å². The molecule has 0 aliphatic carbocycles. The second-order valence-corrected chi connectivity index (χ2v) is 8.12. The molecule has 4 atom stereocenters. The Morgan fingerprint density at radius 3 is 1.29 bits per heavy atom. The Morgan fingerprint density at radius 2 is 1.04 bits per heavy atom. The number of esters is 2. The zero-order valence-electron chi connectivity index (χ0n) is 18.6. The van der Waals surface area contributed by atoms with Crippen LogP contribution in [0.25, 0.3) is 0 Å². The molecule has 0 aromatic rings. The first-order valence-electron chi connectivity index (χ1n) is 10.3. The standard InChI is InChI=1S/C20H42N4O4/c1-7-15(13-23(3)4)9-11-17(21)27-19(25)20(26)28-18(22)12-10-16(8-2)14-24(5)6/h15-18H,7-14,21-22H2,1-6H3. The van der Waals surface area contributed by atoms with Crippen LogP contribution in [0, 0.1) is 11.8 Å². The molecular weight excluding hydrogens is 360 g/mol. The first-order chi connectivity index (χ1) is 13.1. The van der Waals surface area contributed by atoms with Crippen LogP contribution >= 0.6 is 0 Å². The highest BCUT2D eigenvalue weighted by atomic mass is 16.6. The van der Waals surface area contributed by atoms with Gasteiger partial charge in [-0.15, -0.1) is 0 Å². The minimum atomic E-state index is -1.08. The highest BCUT2D eigenvalue weighted by Gasteiger charge is 2.24. The summed E-state index contributed by atoms with van der Waals surface area (Å²) in [5, 5.41) is 0. The lowest BCUT2D eigenvalue weighted by atomic mass is 9.99. The molecule has 0 aliphatic rings. The quantitative estimate of drug-likeness (QED) is 0.255. The number of carbonyl (C=O) groups is 2. The summed E-state index contributed by atoms with van der Waals surface area (Å²) in [5.74, 6) is -1.23. The second kappa shape index (κ2) is 14.7. The molecule has 166 valence electrons. The number of hydrogen-bond donors (Lipinski definition) is 2. The Balaban J connectivity index is 4.23. The van der Waals surface area contributed by atoms with Gasteiger partial charge in [0.1, 0.15) is 0 Å². The zero-order chi connectivity index (χ0) is 21.7. The Morgan fingerprint density at radius 1 is 0.714 bits per heavy atom. The van der Waals surface area contributed by atoms with Crippen LogP contribution in [0.1, 0.15) is 52.4 Å². The Hall–Kier alpha value is -1.22. The Bertz CT molecular complexity index is 406. The number of hydrogen-bond acceptors (Lipinski definition) is 8. The van der Waals surface area contributed by atoms with Crippen molar-refractivity contribution in [1.29, 1.82) is 0 Å². The van der Waals surface area contributed by atoms with E-state index in [0.29, 0.717) is 24.7 Å². The maximum atomic E-state index is 11.9. The van der Waals surface area contributed by atoms with Crippen molar-refractivity contribution in [1.82, 2.24) is 9.80 Å². The largest absolute Gasteiger partial charge is 0.438 e. The van der Waals surface area contributed by atoms with Crippen molar-refractivity contribution in [3.8, 4) is 0 Å². The maximum absolute atomic E-state index is 11.9. The van der Waals surface area contributed by atoms with Gasteiger partial charge in [0.2, 0.25) is 0 Å². The molecule has 0 aliphatic heterocycles. The minimum absolute atomic E-state index is 0.466. The van der Waals surface area contributed by atoms with Gasteiger partial charge in [-0.05, 0) is 65.7 Å². The van der Waals surface area contributed by atoms with Crippen LogP contribution in [0.5, 0.6) is 0 Å². The minimum Gasteiger partial charge on any atom is -0.438 e. The van der Waals surface area contributed by atoms with Crippen molar-refractivity contribution in [2.45, 2.75) is 64.8 Å². The van der Waals surface area contributed by atoms with E-state index in [1.54, 1.807) is 0 Å². The fourth-order valence-electron chi connectivity index (χ4n) is 3.17. The predicted molar refractivity (Wildman–Crippen MR) is 111 cm³/mol. The molecule has 4 unspecified atom stereocenters. The summed E-state index contributed by atoms with van der Waals surface area (Å²) in [7, 11) is 8.08. The molecule has 0 aromatic carbocycles. The van der Waals surface area contributed by atoms with Crippen molar-refractivity contribution < 1.29 is 19.1 Å². The van der Waals surface area contributed by atoms with E-state index in [4.69, 9.17) is 20.9 Å². The monoisotopic (exact) mass is 402 g/mol. The molecular formula is C20H42N4O4. The van der Waals surface area contributed by atoms with Gasteiger partial charge < -0.3 is 19.3 Å². The van der Waals surface area contributed by atoms with E-state index in [9.17, 15) is 9.59 Å². The summed E-state index contributed by atoms with van der Waals surface area (Å²) >= 11 is 0. The summed E-state index contributed by atoms with van der Waals surface area (Å²) in [6.45, 7) is 6.12. The lowest BCUT2D eigenvalue weighted by molar-refractivity contribution is -0.174. The van der Waals surface area contributed by atoms with E-state index in [-0.39, 0.29) is 0 Å². The number of carbonyl (C=O) groups excluding carboxylic acids is 2. The molecule has 0 bridgehead atoms. The number of nitrogens with zero attached hydrogens (tertiary/aromatic N) is 2. The van der Waals surface area contributed by atoms with Crippen LogP contribution in [0.15, 0.2) is 0 Å². The molecule has 0 saturated carbocycles. The van der Waals surface area contributed by atoms with Crippen LogP contribution < -0.4 is 11.5 Å². The number of nitrogens with two attached hydrogens (primary N) is 2. The Kier molecular flexibility index (Phi) is 14.1. The van der Waals surface area contributed by atoms with E-state index < -0.39 is 24.4 Å². The second-order valence-electron chi connectivity index (χ2n) is 8.12. The smallest absolute Gasteiger partial charge is 0.419 e. The lowest BCUT2D eigenvalue weighted by Gasteiger charge is -2.22.